The third-order valence-corrected chi connectivity index (χ3v) is 12.9. The first-order chi connectivity index (χ1) is 25.6. The highest BCUT2D eigenvalue weighted by atomic mass is 16.5. The summed E-state index contributed by atoms with van der Waals surface area (Å²) in [6.45, 7) is 16.4. The number of fused-ring (bicyclic) bond motifs is 2. The van der Waals surface area contributed by atoms with E-state index in [-0.39, 0.29) is 18.3 Å². The molecule has 0 saturated heterocycles. The molecule has 2 aromatic carbocycles. The Morgan fingerprint density at radius 3 is 1.50 bits per heavy atom. The van der Waals surface area contributed by atoms with Crippen molar-refractivity contribution in [3.05, 3.63) is 44.5 Å². The first-order valence-electron chi connectivity index (χ1n) is 21.0. The largest absolute Gasteiger partial charge is 0.507 e. The highest BCUT2D eigenvalue weighted by Crippen LogP contribution is 2.46. The molecule has 2 heterocycles. The van der Waals surface area contributed by atoms with Gasteiger partial charge in [-0.05, 0) is 140 Å². The van der Waals surface area contributed by atoms with Crippen molar-refractivity contribution in [3.8, 4) is 23.0 Å². The number of unbranched alkanes of at least 4 members (excludes halogenated alkanes) is 10. The number of carbonyl (C=O) groups is 2. The van der Waals surface area contributed by atoms with Gasteiger partial charge >= 0.3 is 11.9 Å². The van der Waals surface area contributed by atoms with Crippen molar-refractivity contribution < 1.29 is 39.1 Å². The maximum Gasteiger partial charge on any atom is 0.308 e. The lowest BCUT2D eigenvalue weighted by molar-refractivity contribution is -0.150. The van der Waals surface area contributed by atoms with Crippen LogP contribution in [0.4, 0.5) is 0 Å². The van der Waals surface area contributed by atoms with Crippen LogP contribution in [0.5, 0.6) is 23.0 Å². The van der Waals surface area contributed by atoms with Gasteiger partial charge in [0.25, 0.3) is 0 Å². The van der Waals surface area contributed by atoms with Gasteiger partial charge in [-0.2, -0.15) is 0 Å². The van der Waals surface area contributed by atoms with Crippen molar-refractivity contribution in [2.75, 3.05) is 6.61 Å². The van der Waals surface area contributed by atoms with Gasteiger partial charge in [0.1, 0.15) is 34.2 Å². The predicted octanol–water partition coefficient (Wildman–Crippen LogP) is 11.3. The first-order valence-corrected chi connectivity index (χ1v) is 21.0. The number of ether oxygens (including phenoxy) is 3. The monoisotopic (exact) mass is 751 g/mol. The van der Waals surface area contributed by atoms with Crippen molar-refractivity contribution in [2.24, 2.45) is 5.92 Å². The molecule has 8 nitrogen and oxygen atoms in total. The number of phenols is 2. The number of aromatic hydroxyl groups is 2. The zero-order valence-electron chi connectivity index (χ0n) is 34.8. The molecule has 0 fully saturated rings. The second kappa shape index (κ2) is 19.4. The Morgan fingerprint density at radius 2 is 1.04 bits per heavy atom. The maximum absolute atomic E-state index is 13.8. The molecule has 0 aliphatic carbocycles. The molecule has 3 atom stereocenters. The summed E-state index contributed by atoms with van der Waals surface area (Å²) in [5, 5.41) is 30.0. The Labute approximate surface area is 325 Å². The number of hydrogen-bond donors (Lipinski definition) is 3. The number of esters is 1. The van der Waals surface area contributed by atoms with E-state index in [0.29, 0.717) is 30.9 Å². The average Bonchev–Trinajstić information content (AvgIpc) is 3.14. The van der Waals surface area contributed by atoms with Crippen LogP contribution in [0.3, 0.4) is 0 Å². The number of carboxylic acid groups (broad SMARTS) is 1. The Bertz CT molecular complexity index is 1610. The molecule has 302 valence electrons. The van der Waals surface area contributed by atoms with Gasteiger partial charge in [-0.1, -0.05) is 64.2 Å². The molecular formula is C46H70O8. The van der Waals surface area contributed by atoms with Crippen LogP contribution in [0.25, 0.3) is 0 Å². The number of hydrogen-bond acceptors (Lipinski definition) is 7. The Morgan fingerprint density at radius 1 is 0.611 bits per heavy atom. The van der Waals surface area contributed by atoms with Gasteiger partial charge in [-0.15, -0.1) is 0 Å². The number of carboxylic acids is 1. The molecule has 4 rings (SSSR count). The fourth-order valence-electron chi connectivity index (χ4n) is 8.54. The van der Waals surface area contributed by atoms with E-state index in [1.807, 2.05) is 41.5 Å². The summed E-state index contributed by atoms with van der Waals surface area (Å²) < 4.78 is 19.4. The smallest absolute Gasteiger partial charge is 0.308 e. The zero-order chi connectivity index (χ0) is 39.6. The van der Waals surface area contributed by atoms with Crippen LogP contribution in [0.1, 0.15) is 174 Å². The molecular weight excluding hydrogens is 680 g/mol. The van der Waals surface area contributed by atoms with Crippen molar-refractivity contribution in [1.82, 2.24) is 0 Å². The summed E-state index contributed by atoms with van der Waals surface area (Å²) in [7, 11) is 0. The number of aliphatic carboxylic acids is 1. The van der Waals surface area contributed by atoms with Crippen LogP contribution in [-0.4, -0.2) is 45.1 Å². The van der Waals surface area contributed by atoms with E-state index in [1.165, 1.54) is 32.1 Å². The van der Waals surface area contributed by atoms with Gasteiger partial charge in [0.15, 0.2) is 0 Å². The van der Waals surface area contributed by atoms with E-state index in [0.717, 1.165) is 133 Å². The van der Waals surface area contributed by atoms with Gasteiger partial charge in [0.05, 0.1) is 12.5 Å². The van der Waals surface area contributed by atoms with Crippen LogP contribution in [0, 0.1) is 47.5 Å². The number of rotatable bonds is 21. The SMILES string of the molecule is Cc1c(C)c2c(c(C)c1O)CCC(C)(CCOC(=O)C(CCCCCCCCCCCCCC(=O)O)CCC1(C)CCc3c(C)c(O)c(C)c(C)c3O1)O2. The van der Waals surface area contributed by atoms with Crippen LogP contribution in [-0.2, 0) is 27.2 Å². The number of carbonyl (C=O) groups excluding carboxylic acids is 1. The number of phenolic OH excluding ortho intramolecular Hbond substituents is 2. The van der Waals surface area contributed by atoms with Crippen LogP contribution in [0.15, 0.2) is 0 Å². The summed E-state index contributed by atoms with van der Waals surface area (Å²) in [5.74, 6) is 1.45. The fourth-order valence-corrected chi connectivity index (χ4v) is 8.54. The molecule has 0 radical (unpaired) electrons. The topological polar surface area (TPSA) is 123 Å². The molecule has 54 heavy (non-hydrogen) atoms. The molecule has 2 aliphatic rings. The van der Waals surface area contributed by atoms with E-state index in [1.54, 1.807) is 0 Å². The van der Waals surface area contributed by atoms with E-state index in [2.05, 4.69) is 13.8 Å². The quantitative estimate of drug-likeness (QED) is 0.0851. The molecule has 0 spiro atoms. The molecule has 0 bridgehead atoms. The van der Waals surface area contributed by atoms with Gasteiger partial charge in [-0.3, -0.25) is 9.59 Å². The van der Waals surface area contributed by atoms with Gasteiger partial charge in [-0.25, -0.2) is 0 Å². The second-order valence-electron chi connectivity index (χ2n) is 17.1. The van der Waals surface area contributed by atoms with E-state index in [9.17, 15) is 19.8 Å². The predicted molar refractivity (Wildman–Crippen MR) is 215 cm³/mol. The standard InChI is InChI=1S/C46H70O8/c1-30-32(3)42-37(34(5)40(30)49)23-26-45(7,53-42)25-22-36(20-18-16-14-12-10-9-11-13-15-17-19-21-39(47)48)44(51)52-29-28-46(8)27-24-38-35(6)41(50)31(2)33(4)43(38)54-46/h36,49-50H,9-29H2,1-8H3,(H,47,48). The van der Waals surface area contributed by atoms with Crippen LogP contribution in [0.2, 0.25) is 0 Å². The highest BCUT2D eigenvalue weighted by molar-refractivity contribution is 5.72. The molecule has 0 saturated carbocycles. The minimum atomic E-state index is -0.700. The van der Waals surface area contributed by atoms with Crippen LogP contribution < -0.4 is 9.47 Å². The summed E-state index contributed by atoms with van der Waals surface area (Å²) in [6, 6.07) is 0. The average molecular weight is 751 g/mol. The van der Waals surface area contributed by atoms with E-state index >= 15 is 0 Å². The minimum Gasteiger partial charge on any atom is -0.507 e. The van der Waals surface area contributed by atoms with Crippen LogP contribution >= 0.6 is 0 Å². The van der Waals surface area contributed by atoms with Gasteiger partial charge in [0, 0.05) is 24.0 Å². The second-order valence-corrected chi connectivity index (χ2v) is 17.1. The van der Waals surface area contributed by atoms with Crippen molar-refractivity contribution in [1.29, 1.82) is 0 Å². The van der Waals surface area contributed by atoms with Crippen molar-refractivity contribution in [2.45, 2.75) is 195 Å². The fraction of sp³-hybridized carbons (Fsp3) is 0.696. The van der Waals surface area contributed by atoms with E-state index < -0.39 is 17.2 Å². The summed E-state index contributed by atoms with van der Waals surface area (Å²) >= 11 is 0. The molecule has 2 aliphatic heterocycles. The molecule has 3 unspecified atom stereocenters. The third kappa shape index (κ3) is 11.1. The van der Waals surface area contributed by atoms with Crippen molar-refractivity contribution in [3.63, 3.8) is 0 Å². The molecule has 0 aromatic heterocycles. The molecule has 2 aromatic rings. The lowest BCUT2D eigenvalue weighted by Crippen LogP contribution is -2.39. The number of benzene rings is 2. The maximum atomic E-state index is 13.8. The summed E-state index contributed by atoms with van der Waals surface area (Å²) in [6.07, 6.45) is 18.6. The minimum absolute atomic E-state index is 0.126. The lowest BCUT2D eigenvalue weighted by atomic mass is 9.82. The van der Waals surface area contributed by atoms with Crippen molar-refractivity contribution >= 4 is 11.9 Å². The Kier molecular flexibility index (Phi) is 15.6. The summed E-state index contributed by atoms with van der Waals surface area (Å²) in [4.78, 5) is 24.5. The lowest BCUT2D eigenvalue weighted by Gasteiger charge is -2.39. The Hall–Kier alpha value is -3.42. The summed E-state index contributed by atoms with van der Waals surface area (Å²) in [5.41, 5.74) is 6.79. The normalized spacial score (nSPS) is 19.7. The third-order valence-electron chi connectivity index (χ3n) is 12.9. The molecule has 3 N–H and O–H groups in total. The highest BCUT2D eigenvalue weighted by Gasteiger charge is 2.37. The van der Waals surface area contributed by atoms with Gasteiger partial charge < -0.3 is 29.5 Å². The first kappa shape index (κ1) is 43.3. The molecule has 0 amide bonds. The Balaban J connectivity index is 1.30. The van der Waals surface area contributed by atoms with E-state index in [4.69, 9.17) is 19.3 Å². The zero-order valence-corrected chi connectivity index (χ0v) is 34.8. The molecule has 8 heteroatoms. The van der Waals surface area contributed by atoms with Gasteiger partial charge in [0.2, 0.25) is 0 Å².